The van der Waals surface area contributed by atoms with Crippen molar-refractivity contribution < 1.29 is 21.6 Å². The van der Waals surface area contributed by atoms with E-state index in [1.807, 2.05) is 6.08 Å². The van der Waals surface area contributed by atoms with Gasteiger partial charge in [-0.2, -0.15) is 13.2 Å². The monoisotopic (exact) mass is 354 g/mol. The maximum absolute atomic E-state index is 12.7. The number of hydrogen-bond acceptors (Lipinski definition) is 3. The Labute approximate surface area is 131 Å². The molecular formula is C13H14ClF3N2O2S. The smallest absolute Gasteiger partial charge is 0.313 e. The first kappa shape index (κ1) is 17.3. The molecule has 1 aliphatic rings. The van der Waals surface area contributed by atoms with Crippen molar-refractivity contribution in [1.29, 1.82) is 0 Å². The third kappa shape index (κ3) is 4.22. The molecule has 1 aliphatic heterocycles. The third-order valence-electron chi connectivity index (χ3n) is 3.20. The van der Waals surface area contributed by atoms with Crippen LogP contribution in [0.1, 0.15) is 12.0 Å². The summed E-state index contributed by atoms with van der Waals surface area (Å²) in [5.74, 6) is 0. The van der Waals surface area contributed by atoms with Crippen LogP contribution in [0.25, 0.3) is 0 Å². The van der Waals surface area contributed by atoms with Gasteiger partial charge in [-0.1, -0.05) is 23.3 Å². The molecule has 1 aromatic rings. The molecule has 0 radical (unpaired) electrons. The molecule has 0 atom stereocenters. The van der Waals surface area contributed by atoms with Crippen LogP contribution in [0.5, 0.6) is 0 Å². The summed E-state index contributed by atoms with van der Waals surface area (Å²) in [6.45, 7) is 1.43. The van der Waals surface area contributed by atoms with E-state index in [2.05, 4.69) is 10.0 Å². The SMILES string of the molecule is O=S(=O)(NCC1=CCNCC1)c1cc(C(F)(F)F)ccc1Cl. The van der Waals surface area contributed by atoms with Gasteiger partial charge >= 0.3 is 6.18 Å². The molecule has 22 heavy (non-hydrogen) atoms. The van der Waals surface area contributed by atoms with Gasteiger partial charge in [-0.25, -0.2) is 13.1 Å². The molecule has 0 saturated carbocycles. The Morgan fingerprint density at radius 3 is 2.64 bits per heavy atom. The summed E-state index contributed by atoms with van der Waals surface area (Å²) in [4.78, 5) is -0.571. The highest BCUT2D eigenvalue weighted by Crippen LogP contribution is 2.33. The molecule has 122 valence electrons. The molecule has 0 aromatic heterocycles. The molecule has 9 heteroatoms. The highest BCUT2D eigenvalue weighted by molar-refractivity contribution is 7.89. The predicted octanol–water partition coefficient (Wildman–Crippen LogP) is 2.56. The van der Waals surface area contributed by atoms with Gasteiger partial charge in [0, 0.05) is 13.1 Å². The third-order valence-corrected chi connectivity index (χ3v) is 5.08. The van der Waals surface area contributed by atoms with Gasteiger partial charge in [-0.05, 0) is 31.2 Å². The number of nitrogens with one attached hydrogen (secondary N) is 2. The van der Waals surface area contributed by atoms with Crippen molar-refractivity contribution in [3.05, 3.63) is 40.4 Å². The summed E-state index contributed by atoms with van der Waals surface area (Å²) >= 11 is 5.74. The number of rotatable bonds is 4. The minimum absolute atomic E-state index is 0.0522. The van der Waals surface area contributed by atoms with Crippen LogP contribution in [0.3, 0.4) is 0 Å². The summed E-state index contributed by atoms with van der Waals surface area (Å²) in [5, 5.41) is 2.83. The fourth-order valence-corrected chi connectivity index (χ4v) is 3.54. The lowest BCUT2D eigenvalue weighted by molar-refractivity contribution is -0.137. The quantitative estimate of drug-likeness (QED) is 0.817. The maximum Gasteiger partial charge on any atom is 0.416 e. The fourth-order valence-electron chi connectivity index (χ4n) is 1.98. The van der Waals surface area contributed by atoms with E-state index in [9.17, 15) is 21.6 Å². The zero-order chi connectivity index (χ0) is 16.4. The topological polar surface area (TPSA) is 58.2 Å². The van der Waals surface area contributed by atoms with Gasteiger partial charge in [-0.15, -0.1) is 0 Å². The lowest BCUT2D eigenvalue weighted by Gasteiger charge is -2.16. The normalized spacial score (nSPS) is 16.5. The lowest BCUT2D eigenvalue weighted by Crippen LogP contribution is -2.30. The van der Waals surface area contributed by atoms with Crippen molar-refractivity contribution in [2.45, 2.75) is 17.5 Å². The summed E-state index contributed by atoms with van der Waals surface area (Å²) < 4.78 is 64.7. The Morgan fingerprint density at radius 2 is 2.05 bits per heavy atom. The summed E-state index contributed by atoms with van der Waals surface area (Å²) in [5.41, 5.74) is -0.177. The van der Waals surface area contributed by atoms with Crippen molar-refractivity contribution in [3.8, 4) is 0 Å². The van der Waals surface area contributed by atoms with Crippen LogP contribution < -0.4 is 10.0 Å². The van der Waals surface area contributed by atoms with Crippen LogP contribution in [-0.2, 0) is 16.2 Å². The van der Waals surface area contributed by atoms with Crippen molar-refractivity contribution in [3.63, 3.8) is 0 Å². The van der Waals surface area contributed by atoms with E-state index in [4.69, 9.17) is 11.6 Å². The molecule has 0 aliphatic carbocycles. The van der Waals surface area contributed by atoms with Crippen molar-refractivity contribution in [2.75, 3.05) is 19.6 Å². The van der Waals surface area contributed by atoms with E-state index in [-0.39, 0.29) is 11.6 Å². The Bertz CT molecular complexity index is 687. The molecule has 0 spiro atoms. The van der Waals surface area contributed by atoms with E-state index in [0.717, 1.165) is 24.3 Å². The molecule has 2 N–H and O–H groups in total. The Hall–Kier alpha value is -1.09. The van der Waals surface area contributed by atoms with E-state index in [0.29, 0.717) is 19.0 Å². The van der Waals surface area contributed by atoms with Gasteiger partial charge in [0.25, 0.3) is 0 Å². The molecular weight excluding hydrogens is 341 g/mol. The minimum Gasteiger partial charge on any atom is -0.313 e. The molecule has 0 amide bonds. The second-order valence-electron chi connectivity index (χ2n) is 4.78. The van der Waals surface area contributed by atoms with E-state index in [1.54, 1.807) is 0 Å². The van der Waals surface area contributed by atoms with Gasteiger partial charge in [0.2, 0.25) is 10.0 Å². The van der Waals surface area contributed by atoms with Crippen LogP contribution >= 0.6 is 11.6 Å². The predicted molar refractivity (Wildman–Crippen MR) is 77.2 cm³/mol. The van der Waals surface area contributed by atoms with E-state index in [1.165, 1.54) is 0 Å². The van der Waals surface area contributed by atoms with Crippen LogP contribution in [0, 0.1) is 0 Å². The van der Waals surface area contributed by atoms with Crippen LogP contribution in [0.2, 0.25) is 5.02 Å². The Kier molecular flexibility index (Phi) is 5.16. The molecule has 0 fully saturated rings. The average molecular weight is 355 g/mol. The van der Waals surface area contributed by atoms with Gasteiger partial charge in [0.15, 0.2) is 0 Å². The number of sulfonamides is 1. The summed E-state index contributed by atoms with van der Waals surface area (Å²) in [6, 6.07) is 2.22. The zero-order valence-electron chi connectivity index (χ0n) is 11.4. The second-order valence-corrected chi connectivity index (χ2v) is 6.93. The van der Waals surface area contributed by atoms with Gasteiger partial charge in [-0.3, -0.25) is 0 Å². The maximum atomic E-state index is 12.7. The summed E-state index contributed by atoms with van der Waals surface area (Å²) in [7, 11) is -4.12. The number of halogens is 4. The van der Waals surface area contributed by atoms with E-state index < -0.39 is 26.7 Å². The standard InChI is InChI=1S/C13H14ClF3N2O2S/c14-11-2-1-10(13(15,16)17)7-12(11)22(20,21)19-8-9-3-5-18-6-4-9/h1-3,7,18-19H,4-6,8H2. The first-order valence-electron chi connectivity index (χ1n) is 6.45. The Balaban J connectivity index is 2.23. The Morgan fingerprint density at radius 1 is 1.32 bits per heavy atom. The molecule has 4 nitrogen and oxygen atoms in total. The fraction of sp³-hybridized carbons (Fsp3) is 0.385. The molecule has 0 unspecified atom stereocenters. The van der Waals surface area contributed by atoms with Crippen molar-refractivity contribution >= 4 is 21.6 Å². The number of benzene rings is 1. The number of hydrogen-bond donors (Lipinski definition) is 2. The highest BCUT2D eigenvalue weighted by Gasteiger charge is 2.32. The largest absolute Gasteiger partial charge is 0.416 e. The molecule has 1 heterocycles. The lowest BCUT2D eigenvalue weighted by atomic mass is 10.1. The molecule has 1 aromatic carbocycles. The van der Waals surface area contributed by atoms with Gasteiger partial charge < -0.3 is 5.32 Å². The first-order valence-corrected chi connectivity index (χ1v) is 8.31. The zero-order valence-corrected chi connectivity index (χ0v) is 12.9. The minimum atomic E-state index is -4.63. The summed E-state index contributed by atoms with van der Waals surface area (Å²) in [6.07, 6.45) is -2.11. The first-order chi connectivity index (χ1) is 10.2. The van der Waals surface area contributed by atoms with Crippen molar-refractivity contribution in [1.82, 2.24) is 10.0 Å². The van der Waals surface area contributed by atoms with Gasteiger partial charge in [0.1, 0.15) is 4.90 Å². The molecule has 2 rings (SSSR count). The van der Waals surface area contributed by atoms with Crippen LogP contribution in [0.15, 0.2) is 34.7 Å². The number of alkyl halides is 3. The van der Waals surface area contributed by atoms with Crippen LogP contribution in [0.4, 0.5) is 13.2 Å². The molecule has 0 bridgehead atoms. The van der Waals surface area contributed by atoms with Crippen molar-refractivity contribution in [2.24, 2.45) is 0 Å². The highest BCUT2D eigenvalue weighted by atomic mass is 35.5. The molecule has 0 saturated heterocycles. The second kappa shape index (κ2) is 6.57. The van der Waals surface area contributed by atoms with Crippen LogP contribution in [-0.4, -0.2) is 28.1 Å². The average Bonchev–Trinajstić information content (AvgIpc) is 2.45. The van der Waals surface area contributed by atoms with E-state index >= 15 is 0 Å². The van der Waals surface area contributed by atoms with Gasteiger partial charge in [0.05, 0.1) is 10.6 Å².